The Bertz CT molecular complexity index is 866. The van der Waals surface area contributed by atoms with Crippen LogP contribution < -0.4 is 5.32 Å². The molecule has 1 aliphatic heterocycles. The van der Waals surface area contributed by atoms with Gasteiger partial charge in [0.15, 0.2) is 0 Å². The predicted octanol–water partition coefficient (Wildman–Crippen LogP) is 3.08. The summed E-state index contributed by atoms with van der Waals surface area (Å²) in [5, 5.41) is 3.91. The van der Waals surface area contributed by atoms with E-state index in [0.717, 1.165) is 22.2 Å². The van der Waals surface area contributed by atoms with Crippen molar-refractivity contribution >= 4 is 16.8 Å². The molecule has 1 aromatic heterocycles. The molecule has 4 heteroatoms. The van der Waals surface area contributed by atoms with Crippen LogP contribution in [0.3, 0.4) is 0 Å². The quantitative estimate of drug-likeness (QED) is 0.730. The van der Waals surface area contributed by atoms with Crippen molar-refractivity contribution < 1.29 is 9.18 Å². The van der Waals surface area contributed by atoms with Crippen molar-refractivity contribution in [3.8, 4) is 11.3 Å². The summed E-state index contributed by atoms with van der Waals surface area (Å²) in [6.45, 7) is 0.723. The number of rotatable bonds is 1. The van der Waals surface area contributed by atoms with Crippen molar-refractivity contribution in [3.05, 3.63) is 59.9 Å². The van der Waals surface area contributed by atoms with E-state index >= 15 is 0 Å². The summed E-state index contributed by atoms with van der Waals surface area (Å²) >= 11 is 0. The molecule has 0 fully saturated rings. The highest BCUT2D eigenvalue weighted by Crippen LogP contribution is 2.32. The van der Waals surface area contributed by atoms with E-state index in [1.807, 2.05) is 28.8 Å². The molecule has 104 valence electrons. The third-order valence-corrected chi connectivity index (χ3v) is 3.93. The Balaban J connectivity index is 2.07. The zero-order valence-corrected chi connectivity index (χ0v) is 11.3. The summed E-state index contributed by atoms with van der Waals surface area (Å²) in [5.74, 6) is -0.330. The van der Waals surface area contributed by atoms with E-state index in [2.05, 4.69) is 5.32 Å². The van der Waals surface area contributed by atoms with Crippen LogP contribution in [0.25, 0.3) is 22.2 Å². The standard InChI is InChI=1S/C17H13FN2O/c18-14-7-2-1-6-13(14)15-8-11-4-3-5-12-9-19-16(21)10-20(15)17(11)12/h1-8H,9-10H2,(H,19,21). The maximum Gasteiger partial charge on any atom is 0.240 e. The van der Waals surface area contributed by atoms with E-state index in [0.29, 0.717) is 12.1 Å². The predicted molar refractivity (Wildman–Crippen MR) is 79.2 cm³/mol. The average molecular weight is 280 g/mol. The number of halogens is 1. The SMILES string of the molecule is O=C1Cn2c(-c3ccccc3F)cc3cccc(c32)CN1. The van der Waals surface area contributed by atoms with Crippen LogP contribution in [0.5, 0.6) is 0 Å². The van der Waals surface area contributed by atoms with Gasteiger partial charge in [-0.15, -0.1) is 0 Å². The van der Waals surface area contributed by atoms with Crippen molar-refractivity contribution in [2.45, 2.75) is 13.1 Å². The van der Waals surface area contributed by atoms with Crippen LogP contribution in [0.2, 0.25) is 0 Å². The lowest BCUT2D eigenvalue weighted by molar-refractivity contribution is -0.121. The third kappa shape index (κ3) is 1.83. The number of nitrogens with zero attached hydrogens (tertiary/aromatic N) is 1. The van der Waals surface area contributed by atoms with E-state index in [9.17, 15) is 9.18 Å². The monoisotopic (exact) mass is 280 g/mol. The first kappa shape index (κ1) is 12.1. The van der Waals surface area contributed by atoms with E-state index in [-0.39, 0.29) is 18.3 Å². The van der Waals surface area contributed by atoms with Crippen LogP contribution in [-0.4, -0.2) is 10.5 Å². The minimum Gasteiger partial charge on any atom is -0.350 e. The maximum atomic E-state index is 14.1. The highest BCUT2D eigenvalue weighted by molar-refractivity contribution is 5.92. The molecule has 0 aliphatic carbocycles. The molecule has 0 saturated carbocycles. The molecule has 0 bridgehead atoms. The van der Waals surface area contributed by atoms with Gasteiger partial charge in [-0.05, 0) is 23.8 Å². The molecule has 2 aromatic carbocycles. The number of nitrogens with one attached hydrogen (secondary N) is 1. The Morgan fingerprint density at radius 3 is 2.81 bits per heavy atom. The molecule has 2 heterocycles. The van der Waals surface area contributed by atoms with Crippen LogP contribution in [0.1, 0.15) is 5.56 Å². The van der Waals surface area contributed by atoms with Gasteiger partial charge in [-0.1, -0.05) is 30.3 Å². The van der Waals surface area contributed by atoms with Crippen LogP contribution in [0.15, 0.2) is 48.5 Å². The van der Waals surface area contributed by atoms with Gasteiger partial charge >= 0.3 is 0 Å². The number of carbonyl (C=O) groups excluding carboxylic acids is 1. The highest BCUT2D eigenvalue weighted by Gasteiger charge is 2.20. The topological polar surface area (TPSA) is 34.0 Å². The lowest BCUT2D eigenvalue weighted by Gasteiger charge is -2.09. The molecule has 21 heavy (non-hydrogen) atoms. The van der Waals surface area contributed by atoms with Gasteiger partial charge in [0.05, 0.1) is 11.2 Å². The van der Waals surface area contributed by atoms with Crippen molar-refractivity contribution in [1.29, 1.82) is 0 Å². The normalized spacial score (nSPS) is 14.0. The fraction of sp³-hybridized carbons (Fsp3) is 0.118. The third-order valence-electron chi connectivity index (χ3n) is 3.93. The van der Waals surface area contributed by atoms with Crippen molar-refractivity contribution in [2.75, 3.05) is 0 Å². The number of hydrogen-bond acceptors (Lipinski definition) is 1. The molecule has 3 nitrogen and oxygen atoms in total. The molecule has 0 saturated heterocycles. The van der Waals surface area contributed by atoms with Gasteiger partial charge in [0.25, 0.3) is 0 Å². The molecule has 0 radical (unpaired) electrons. The van der Waals surface area contributed by atoms with Gasteiger partial charge < -0.3 is 9.88 Å². The summed E-state index contributed by atoms with van der Waals surface area (Å²) in [6.07, 6.45) is 0. The smallest absolute Gasteiger partial charge is 0.240 e. The van der Waals surface area contributed by atoms with E-state index in [1.54, 1.807) is 18.2 Å². The molecular weight excluding hydrogens is 267 g/mol. The van der Waals surface area contributed by atoms with Gasteiger partial charge in [-0.2, -0.15) is 0 Å². The summed E-state index contributed by atoms with van der Waals surface area (Å²) in [6, 6.07) is 14.6. The first-order chi connectivity index (χ1) is 10.2. The minimum atomic E-state index is -0.275. The van der Waals surface area contributed by atoms with Gasteiger partial charge in [0.1, 0.15) is 12.4 Å². The highest BCUT2D eigenvalue weighted by atomic mass is 19.1. The molecule has 4 rings (SSSR count). The lowest BCUT2D eigenvalue weighted by Crippen LogP contribution is -2.24. The zero-order valence-electron chi connectivity index (χ0n) is 11.3. The Hall–Kier alpha value is -2.62. The summed E-state index contributed by atoms with van der Waals surface area (Å²) < 4.78 is 16.0. The molecule has 0 unspecified atom stereocenters. The molecular formula is C17H13FN2O. The number of carbonyl (C=O) groups is 1. The number of hydrogen-bond donors (Lipinski definition) is 1. The lowest BCUT2D eigenvalue weighted by atomic mass is 10.1. The van der Waals surface area contributed by atoms with Crippen molar-refractivity contribution in [3.63, 3.8) is 0 Å². The molecule has 0 spiro atoms. The molecule has 1 aliphatic rings. The Morgan fingerprint density at radius 1 is 1.10 bits per heavy atom. The first-order valence-electron chi connectivity index (χ1n) is 6.87. The van der Waals surface area contributed by atoms with Crippen LogP contribution in [0.4, 0.5) is 4.39 Å². The second-order valence-electron chi connectivity index (χ2n) is 5.23. The second kappa shape index (κ2) is 4.45. The molecule has 1 N–H and O–H groups in total. The summed E-state index contributed by atoms with van der Waals surface area (Å²) in [7, 11) is 0. The Morgan fingerprint density at radius 2 is 1.95 bits per heavy atom. The first-order valence-corrected chi connectivity index (χ1v) is 6.87. The van der Waals surface area contributed by atoms with Gasteiger partial charge in [0, 0.05) is 17.5 Å². The Kier molecular flexibility index (Phi) is 2.57. The fourth-order valence-electron chi connectivity index (χ4n) is 2.99. The summed E-state index contributed by atoms with van der Waals surface area (Å²) in [5.41, 5.74) is 3.33. The Labute approximate surface area is 121 Å². The molecule has 1 amide bonds. The zero-order chi connectivity index (χ0) is 14.4. The average Bonchev–Trinajstić information content (AvgIpc) is 2.75. The van der Waals surface area contributed by atoms with E-state index < -0.39 is 0 Å². The van der Waals surface area contributed by atoms with E-state index in [1.165, 1.54) is 6.07 Å². The largest absolute Gasteiger partial charge is 0.350 e. The number of para-hydroxylation sites is 1. The van der Waals surface area contributed by atoms with Crippen molar-refractivity contribution in [2.24, 2.45) is 0 Å². The molecule has 0 atom stereocenters. The van der Waals surface area contributed by atoms with Crippen molar-refractivity contribution in [1.82, 2.24) is 9.88 Å². The van der Waals surface area contributed by atoms with Crippen LogP contribution in [0, 0.1) is 5.82 Å². The van der Waals surface area contributed by atoms with Crippen LogP contribution in [-0.2, 0) is 17.9 Å². The van der Waals surface area contributed by atoms with E-state index in [4.69, 9.17) is 0 Å². The minimum absolute atomic E-state index is 0.0544. The number of amides is 1. The van der Waals surface area contributed by atoms with Crippen LogP contribution >= 0.6 is 0 Å². The summed E-state index contributed by atoms with van der Waals surface area (Å²) in [4.78, 5) is 11.9. The second-order valence-corrected chi connectivity index (χ2v) is 5.23. The van der Waals surface area contributed by atoms with Gasteiger partial charge in [-0.25, -0.2) is 4.39 Å². The van der Waals surface area contributed by atoms with Gasteiger partial charge in [0.2, 0.25) is 5.91 Å². The van der Waals surface area contributed by atoms with Gasteiger partial charge in [-0.3, -0.25) is 4.79 Å². The molecule has 3 aromatic rings. The number of benzene rings is 2. The fourth-order valence-corrected chi connectivity index (χ4v) is 2.99. The number of aromatic nitrogens is 1. The maximum absolute atomic E-state index is 14.1.